The standard InChI is InChI=1S/C29H23Cl2N3O4S/c1-3-18-8-10-22(11-9-18)34-28(36)25(33(29(34)39)16-26(35)37-2)14-19-12-23(30)27(24(31)13-19)38-17-21-7-5-4-6-20(21)15-32/h4-14H,3,16-17H2,1-2H3/b25-14-. The average Bonchev–Trinajstić information content (AvgIpc) is 3.16. The maximum absolute atomic E-state index is 13.6. The molecule has 1 aliphatic rings. The van der Waals surface area contributed by atoms with Crippen LogP contribution < -0.4 is 9.64 Å². The highest BCUT2D eigenvalue weighted by Gasteiger charge is 2.40. The van der Waals surface area contributed by atoms with Gasteiger partial charge in [-0.3, -0.25) is 14.5 Å². The summed E-state index contributed by atoms with van der Waals surface area (Å²) >= 11 is 18.6. The molecule has 198 valence electrons. The molecule has 39 heavy (non-hydrogen) atoms. The van der Waals surface area contributed by atoms with Crippen molar-refractivity contribution in [3.63, 3.8) is 0 Å². The van der Waals surface area contributed by atoms with E-state index in [0.29, 0.717) is 22.4 Å². The zero-order valence-electron chi connectivity index (χ0n) is 21.1. The van der Waals surface area contributed by atoms with E-state index in [0.717, 1.165) is 12.0 Å². The minimum absolute atomic E-state index is 0.0923. The van der Waals surface area contributed by atoms with Gasteiger partial charge in [-0.2, -0.15) is 5.26 Å². The number of hydrogen-bond acceptors (Lipinski definition) is 6. The number of ether oxygens (including phenoxy) is 2. The van der Waals surface area contributed by atoms with Gasteiger partial charge in [-0.05, 0) is 66.2 Å². The normalized spacial score (nSPS) is 14.1. The number of halogens is 2. The number of hydrogen-bond donors (Lipinski definition) is 0. The molecule has 1 saturated heterocycles. The summed E-state index contributed by atoms with van der Waals surface area (Å²) in [5.41, 5.74) is 3.53. The molecule has 0 aliphatic carbocycles. The predicted molar refractivity (Wildman–Crippen MR) is 155 cm³/mol. The molecule has 0 unspecified atom stereocenters. The number of nitrogens with zero attached hydrogens (tertiary/aromatic N) is 3. The van der Waals surface area contributed by atoms with Gasteiger partial charge in [0.15, 0.2) is 10.9 Å². The summed E-state index contributed by atoms with van der Waals surface area (Å²) in [6, 6.07) is 19.8. The molecule has 1 heterocycles. The van der Waals surface area contributed by atoms with Crippen molar-refractivity contribution in [2.75, 3.05) is 18.6 Å². The minimum Gasteiger partial charge on any atom is -0.486 e. The van der Waals surface area contributed by atoms with Gasteiger partial charge in [0.1, 0.15) is 18.8 Å². The Kier molecular flexibility index (Phi) is 8.87. The number of anilines is 1. The van der Waals surface area contributed by atoms with Gasteiger partial charge in [0.2, 0.25) is 0 Å². The van der Waals surface area contributed by atoms with E-state index >= 15 is 0 Å². The SMILES string of the molecule is CCc1ccc(N2C(=O)/C(=C/c3cc(Cl)c(OCc4ccccc4C#N)c(Cl)c3)N(CC(=O)OC)C2=S)cc1. The number of aryl methyl sites for hydroxylation is 1. The van der Waals surface area contributed by atoms with Gasteiger partial charge in [0.05, 0.1) is 34.5 Å². The highest BCUT2D eigenvalue weighted by atomic mass is 35.5. The van der Waals surface area contributed by atoms with E-state index in [2.05, 4.69) is 6.07 Å². The maximum atomic E-state index is 13.6. The molecule has 0 N–H and O–H groups in total. The van der Waals surface area contributed by atoms with Crippen molar-refractivity contribution < 1.29 is 19.1 Å². The average molecular weight is 580 g/mol. The van der Waals surface area contributed by atoms with Crippen LogP contribution in [0.5, 0.6) is 5.75 Å². The number of carbonyl (C=O) groups is 2. The van der Waals surface area contributed by atoms with E-state index in [9.17, 15) is 14.9 Å². The lowest BCUT2D eigenvalue weighted by Gasteiger charge is -2.19. The first kappa shape index (κ1) is 28.1. The number of rotatable bonds is 8. The third kappa shape index (κ3) is 6.07. The van der Waals surface area contributed by atoms with Crippen LogP contribution in [0.1, 0.15) is 29.2 Å². The number of nitriles is 1. The molecule has 0 atom stereocenters. The molecule has 3 aromatic carbocycles. The second-order valence-electron chi connectivity index (χ2n) is 8.51. The summed E-state index contributed by atoms with van der Waals surface area (Å²) in [5, 5.41) is 9.88. The van der Waals surface area contributed by atoms with Crippen molar-refractivity contribution >= 4 is 64.2 Å². The Hall–Kier alpha value is -3.90. The third-order valence-electron chi connectivity index (χ3n) is 6.09. The first-order chi connectivity index (χ1) is 18.8. The van der Waals surface area contributed by atoms with Crippen molar-refractivity contribution in [3.05, 3.63) is 98.7 Å². The summed E-state index contributed by atoms with van der Waals surface area (Å²) in [6.07, 6.45) is 2.41. The minimum atomic E-state index is -0.559. The van der Waals surface area contributed by atoms with Gasteiger partial charge in [-0.1, -0.05) is 60.5 Å². The van der Waals surface area contributed by atoms with Crippen molar-refractivity contribution in [2.45, 2.75) is 20.0 Å². The Morgan fingerprint density at radius 1 is 1.10 bits per heavy atom. The summed E-state index contributed by atoms with van der Waals surface area (Å²) in [5.74, 6) is -0.726. The molecule has 0 bridgehead atoms. The molecule has 7 nitrogen and oxygen atoms in total. The molecule has 1 amide bonds. The fourth-order valence-electron chi connectivity index (χ4n) is 4.00. The fourth-order valence-corrected chi connectivity index (χ4v) is 4.96. The molecule has 1 aliphatic heterocycles. The number of esters is 1. The zero-order valence-corrected chi connectivity index (χ0v) is 23.4. The highest BCUT2D eigenvalue weighted by Crippen LogP contribution is 2.37. The second-order valence-corrected chi connectivity index (χ2v) is 9.69. The molecular weight excluding hydrogens is 557 g/mol. The lowest BCUT2D eigenvalue weighted by atomic mass is 10.1. The van der Waals surface area contributed by atoms with Crippen LogP contribution in [-0.2, 0) is 27.4 Å². The van der Waals surface area contributed by atoms with Crippen LogP contribution in [0.2, 0.25) is 10.0 Å². The van der Waals surface area contributed by atoms with Crippen LogP contribution in [0.15, 0.2) is 66.4 Å². The van der Waals surface area contributed by atoms with Gasteiger partial charge in [0, 0.05) is 5.56 Å². The van der Waals surface area contributed by atoms with E-state index in [4.69, 9.17) is 44.9 Å². The Balaban J connectivity index is 1.66. The summed E-state index contributed by atoms with van der Waals surface area (Å²) in [7, 11) is 1.27. The van der Waals surface area contributed by atoms with Gasteiger partial charge >= 0.3 is 5.97 Å². The number of thiocarbonyl (C=S) groups is 1. The zero-order chi connectivity index (χ0) is 28.1. The van der Waals surface area contributed by atoms with E-state index in [1.807, 2.05) is 37.3 Å². The van der Waals surface area contributed by atoms with Gasteiger partial charge in [-0.25, -0.2) is 0 Å². The number of methoxy groups -OCH3 is 1. The lowest BCUT2D eigenvalue weighted by Crippen LogP contribution is -2.35. The molecule has 0 radical (unpaired) electrons. The second kappa shape index (κ2) is 12.3. The lowest BCUT2D eigenvalue weighted by molar-refractivity contribution is -0.140. The Morgan fingerprint density at radius 2 is 1.77 bits per heavy atom. The molecule has 0 spiro atoms. The Bertz CT molecular complexity index is 1490. The van der Waals surface area contributed by atoms with Crippen LogP contribution in [0.25, 0.3) is 6.08 Å². The fraction of sp³-hybridized carbons (Fsp3) is 0.172. The first-order valence-electron chi connectivity index (χ1n) is 11.9. The largest absolute Gasteiger partial charge is 0.486 e. The van der Waals surface area contributed by atoms with Gasteiger partial charge < -0.3 is 14.4 Å². The number of carbonyl (C=O) groups excluding carboxylic acids is 2. The van der Waals surface area contributed by atoms with Crippen LogP contribution in [0, 0.1) is 11.3 Å². The molecule has 4 rings (SSSR count). The van der Waals surface area contributed by atoms with Gasteiger partial charge in [-0.15, -0.1) is 0 Å². The van der Waals surface area contributed by atoms with Crippen molar-refractivity contribution in [2.24, 2.45) is 0 Å². The molecular formula is C29H23Cl2N3O4S. The highest BCUT2D eigenvalue weighted by molar-refractivity contribution is 7.80. The molecule has 0 saturated carbocycles. The van der Waals surface area contributed by atoms with Crippen LogP contribution in [0.4, 0.5) is 5.69 Å². The summed E-state index contributed by atoms with van der Waals surface area (Å²) in [6.45, 7) is 1.88. The summed E-state index contributed by atoms with van der Waals surface area (Å²) < 4.78 is 10.7. The Morgan fingerprint density at radius 3 is 2.38 bits per heavy atom. The van der Waals surface area contributed by atoms with Crippen LogP contribution >= 0.6 is 35.4 Å². The van der Waals surface area contributed by atoms with E-state index < -0.39 is 11.9 Å². The first-order valence-corrected chi connectivity index (χ1v) is 13.1. The predicted octanol–water partition coefficient (Wildman–Crippen LogP) is 6.15. The van der Waals surface area contributed by atoms with Crippen LogP contribution in [-0.4, -0.2) is 35.5 Å². The molecule has 1 fully saturated rings. The smallest absolute Gasteiger partial charge is 0.325 e. The van der Waals surface area contributed by atoms with Gasteiger partial charge in [0.25, 0.3) is 5.91 Å². The van der Waals surface area contributed by atoms with E-state index in [-0.39, 0.29) is 39.8 Å². The summed E-state index contributed by atoms with van der Waals surface area (Å²) in [4.78, 5) is 28.5. The Labute approximate surface area is 241 Å². The van der Waals surface area contributed by atoms with E-state index in [1.165, 1.54) is 16.9 Å². The van der Waals surface area contributed by atoms with Crippen molar-refractivity contribution in [1.29, 1.82) is 5.26 Å². The monoisotopic (exact) mass is 579 g/mol. The van der Waals surface area contributed by atoms with Crippen LogP contribution in [0.3, 0.4) is 0 Å². The number of amides is 1. The molecule has 10 heteroatoms. The number of benzene rings is 3. The topological polar surface area (TPSA) is 82.9 Å². The van der Waals surface area contributed by atoms with Crippen molar-refractivity contribution in [1.82, 2.24) is 4.90 Å². The quantitative estimate of drug-likeness (QED) is 0.180. The van der Waals surface area contributed by atoms with E-state index in [1.54, 1.807) is 36.4 Å². The maximum Gasteiger partial charge on any atom is 0.325 e. The molecule has 0 aromatic heterocycles. The molecule has 3 aromatic rings. The van der Waals surface area contributed by atoms with Crippen molar-refractivity contribution in [3.8, 4) is 11.8 Å². The third-order valence-corrected chi connectivity index (χ3v) is 7.05.